The monoisotopic (exact) mass is 299 g/mol. The molecule has 0 saturated heterocycles. The van der Waals surface area contributed by atoms with E-state index in [0.717, 1.165) is 12.2 Å². The van der Waals surface area contributed by atoms with Gasteiger partial charge in [0.15, 0.2) is 6.10 Å². The van der Waals surface area contributed by atoms with Crippen LogP contribution in [0.25, 0.3) is 0 Å². The van der Waals surface area contributed by atoms with Crippen LogP contribution in [0.3, 0.4) is 0 Å². The molecule has 7 heteroatoms. The lowest BCUT2D eigenvalue weighted by Crippen LogP contribution is -2.35. The maximum Gasteiger partial charge on any atom is 0.409 e. The van der Waals surface area contributed by atoms with Crippen LogP contribution in [0.5, 0.6) is 0 Å². The van der Waals surface area contributed by atoms with Gasteiger partial charge in [-0.15, -0.1) is 0 Å². The van der Waals surface area contributed by atoms with Crippen LogP contribution in [0, 0.1) is 0 Å². The minimum Gasteiger partial charge on any atom is -0.458 e. The zero-order valence-corrected chi connectivity index (χ0v) is 12.4. The Morgan fingerprint density at radius 3 is 2.00 bits per heavy atom. The van der Waals surface area contributed by atoms with Crippen molar-refractivity contribution >= 4 is 18.0 Å². The van der Waals surface area contributed by atoms with Crippen molar-refractivity contribution < 1.29 is 28.6 Å². The average molecular weight is 299 g/mol. The summed E-state index contributed by atoms with van der Waals surface area (Å²) >= 11 is 0. The van der Waals surface area contributed by atoms with Crippen molar-refractivity contribution in [2.75, 3.05) is 26.3 Å². The third kappa shape index (κ3) is 7.76. The van der Waals surface area contributed by atoms with E-state index in [2.05, 4.69) is 13.2 Å². The summed E-state index contributed by atoms with van der Waals surface area (Å²) in [5.41, 5.74) is 0. The van der Waals surface area contributed by atoms with Crippen molar-refractivity contribution in [2.24, 2.45) is 0 Å². The molecule has 118 valence electrons. The molecular formula is C14H21NO6. The Bertz CT molecular complexity index is 389. The summed E-state index contributed by atoms with van der Waals surface area (Å²) in [7, 11) is 0. The molecule has 1 unspecified atom stereocenters. The van der Waals surface area contributed by atoms with Gasteiger partial charge in [-0.25, -0.2) is 14.4 Å². The summed E-state index contributed by atoms with van der Waals surface area (Å²) in [5.74, 6) is -1.36. The zero-order chi connectivity index (χ0) is 16.3. The van der Waals surface area contributed by atoms with Crippen LogP contribution in [-0.4, -0.2) is 55.3 Å². The minimum absolute atomic E-state index is 0.223. The van der Waals surface area contributed by atoms with Crippen LogP contribution >= 0.6 is 0 Å². The van der Waals surface area contributed by atoms with Gasteiger partial charge in [-0.2, -0.15) is 0 Å². The molecule has 0 radical (unpaired) electrons. The molecule has 0 bridgehead atoms. The SMILES string of the molecule is C=CC(=O)OCC(COC(=O)N(CC)CC)OC(=O)C=C. The van der Waals surface area contributed by atoms with Gasteiger partial charge in [0.2, 0.25) is 0 Å². The predicted octanol–water partition coefficient (Wildman–Crippen LogP) is 1.29. The van der Waals surface area contributed by atoms with Crippen LogP contribution in [-0.2, 0) is 23.8 Å². The van der Waals surface area contributed by atoms with Crippen molar-refractivity contribution in [1.29, 1.82) is 0 Å². The molecule has 0 heterocycles. The summed E-state index contributed by atoms with van der Waals surface area (Å²) in [6.45, 7) is 10.7. The Kier molecular flexibility index (Phi) is 9.32. The van der Waals surface area contributed by atoms with Gasteiger partial charge in [0.1, 0.15) is 13.2 Å². The van der Waals surface area contributed by atoms with E-state index in [1.807, 2.05) is 13.8 Å². The Morgan fingerprint density at radius 1 is 1.00 bits per heavy atom. The van der Waals surface area contributed by atoms with Gasteiger partial charge in [-0.05, 0) is 13.8 Å². The molecular weight excluding hydrogens is 278 g/mol. The van der Waals surface area contributed by atoms with Gasteiger partial charge in [0, 0.05) is 25.2 Å². The number of carbonyl (C=O) groups is 3. The number of amides is 1. The molecule has 7 nitrogen and oxygen atoms in total. The van der Waals surface area contributed by atoms with Gasteiger partial charge in [0.25, 0.3) is 0 Å². The molecule has 0 aliphatic carbocycles. The summed E-state index contributed by atoms with van der Waals surface area (Å²) in [4.78, 5) is 35.3. The van der Waals surface area contributed by atoms with E-state index in [9.17, 15) is 14.4 Å². The molecule has 0 aromatic heterocycles. The van der Waals surface area contributed by atoms with Crippen LogP contribution in [0.1, 0.15) is 13.8 Å². The molecule has 0 N–H and O–H groups in total. The van der Waals surface area contributed by atoms with Gasteiger partial charge < -0.3 is 19.1 Å². The van der Waals surface area contributed by atoms with Gasteiger partial charge in [-0.3, -0.25) is 0 Å². The number of ether oxygens (including phenoxy) is 3. The summed E-state index contributed by atoms with van der Waals surface area (Å²) < 4.78 is 14.7. The van der Waals surface area contributed by atoms with E-state index in [-0.39, 0.29) is 13.2 Å². The van der Waals surface area contributed by atoms with E-state index < -0.39 is 24.1 Å². The van der Waals surface area contributed by atoms with Crippen LogP contribution in [0.2, 0.25) is 0 Å². The number of nitrogens with zero attached hydrogens (tertiary/aromatic N) is 1. The number of carbonyl (C=O) groups excluding carboxylic acids is 3. The molecule has 21 heavy (non-hydrogen) atoms. The van der Waals surface area contributed by atoms with E-state index >= 15 is 0 Å². The first-order valence-corrected chi connectivity index (χ1v) is 6.52. The van der Waals surface area contributed by atoms with Crippen molar-refractivity contribution in [3.05, 3.63) is 25.3 Å². The lowest BCUT2D eigenvalue weighted by molar-refractivity contribution is -0.155. The molecule has 0 aromatic carbocycles. The van der Waals surface area contributed by atoms with Crippen molar-refractivity contribution in [3.63, 3.8) is 0 Å². The summed E-state index contributed by atoms with van der Waals surface area (Å²) in [6, 6.07) is 0. The third-order valence-electron chi connectivity index (χ3n) is 2.44. The maximum atomic E-state index is 11.7. The largest absolute Gasteiger partial charge is 0.458 e. The van der Waals surface area contributed by atoms with E-state index in [4.69, 9.17) is 14.2 Å². The number of esters is 2. The molecule has 1 atom stereocenters. The molecule has 0 saturated carbocycles. The summed E-state index contributed by atoms with van der Waals surface area (Å²) in [5, 5.41) is 0. The lowest BCUT2D eigenvalue weighted by atomic mass is 10.4. The second-order valence-corrected chi connectivity index (χ2v) is 3.85. The second kappa shape index (κ2) is 10.5. The van der Waals surface area contributed by atoms with Gasteiger partial charge in [-0.1, -0.05) is 13.2 Å². The molecule has 0 rings (SSSR count). The van der Waals surface area contributed by atoms with Crippen molar-refractivity contribution in [2.45, 2.75) is 20.0 Å². The van der Waals surface area contributed by atoms with Crippen LogP contribution in [0.15, 0.2) is 25.3 Å². The fourth-order valence-electron chi connectivity index (χ4n) is 1.30. The Balaban J connectivity index is 4.47. The number of hydrogen-bond donors (Lipinski definition) is 0. The first kappa shape index (κ1) is 18.7. The number of rotatable bonds is 9. The van der Waals surface area contributed by atoms with E-state index in [1.54, 1.807) is 0 Å². The summed E-state index contributed by atoms with van der Waals surface area (Å²) in [6.07, 6.45) is 0.511. The highest BCUT2D eigenvalue weighted by Gasteiger charge is 2.19. The topological polar surface area (TPSA) is 82.1 Å². The van der Waals surface area contributed by atoms with Crippen molar-refractivity contribution in [3.8, 4) is 0 Å². The first-order valence-electron chi connectivity index (χ1n) is 6.52. The maximum absolute atomic E-state index is 11.7. The Morgan fingerprint density at radius 2 is 1.52 bits per heavy atom. The Labute approximate surface area is 124 Å². The molecule has 0 fully saturated rings. The van der Waals surface area contributed by atoms with E-state index in [0.29, 0.717) is 13.1 Å². The second-order valence-electron chi connectivity index (χ2n) is 3.85. The smallest absolute Gasteiger partial charge is 0.409 e. The highest BCUT2D eigenvalue weighted by atomic mass is 16.6. The molecule has 1 amide bonds. The highest BCUT2D eigenvalue weighted by molar-refractivity contribution is 5.82. The van der Waals surface area contributed by atoms with Gasteiger partial charge in [0.05, 0.1) is 0 Å². The average Bonchev–Trinajstić information content (AvgIpc) is 2.50. The molecule has 0 aromatic rings. The molecule has 0 aliphatic rings. The lowest BCUT2D eigenvalue weighted by Gasteiger charge is -2.21. The number of hydrogen-bond acceptors (Lipinski definition) is 6. The minimum atomic E-state index is -0.904. The molecule has 0 aliphatic heterocycles. The molecule has 0 spiro atoms. The normalized spacial score (nSPS) is 11.0. The predicted molar refractivity (Wildman–Crippen MR) is 75.5 cm³/mol. The third-order valence-corrected chi connectivity index (χ3v) is 2.44. The standard InChI is InChI=1S/C14H21NO6/c1-5-12(16)19-9-11(21-13(17)6-2)10-20-14(18)15(7-3)8-4/h5-6,11H,1-2,7-10H2,3-4H3. The van der Waals surface area contributed by atoms with Crippen molar-refractivity contribution in [1.82, 2.24) is 4.90 Å². The highest BCUT2D eigenvalue weighted by Crippen LogP contribution is 2.01. The van der Waals surface area contributed by atoms with Gasteiger partial charge >= 0.3 is 18.0 Å². The zero-order valence-electron chi connectivity index (χ0n) is 12.4. The quantitative estimate of drug-likeness (QED) is 0.362. The van der Waals surface area contributed by atoms with Crippen LogP contribution < -0.4 is 0 Å². The first-order chi connectivity index (χ1) is 9.98. The van der Waals surface area contributed by atoms with Crippen LogP contribution in [0.4, 0.5) is 4.79 Å². The fourth-order valence-corrected chi connectivity index (χ4v) is 1.30. The van der Waals surface area contributed by atoms with E-state index in [1.165, 1.54) is 4.90 Å². The Hall–Kier alpha value is -2.31. The fraction of sp³-hybridized carbons (Fsp3) is 0.500.